The van der Waals surface area contributed by atoms with Crippen LogP contribution in [0, 0.1) is 5.92 Å². The largest absolute Gasteiger partial charge is 0.452 e. The van der Waals surface area contributed by atoms with Gasteiger partial charge in [-0.15, -0.1) is 0 Å². The molecular formula is C18H22BrN3O5. The van der Waals surface area contributed by atoms with E-state index < -0.39 is 24.0 Å². The summed E-state index contributed by atoms with van der Waals surface area (Å²) in [5.41, 5.74) is 0.596. The average molecular weight is 440 g/mol. The molecule has 1 aromatic rings. The van der Waals surface area contributed by atoms with Crippen molar-refractivity contribution in [3.63, 3.8) is 0 Å². The molecular weight excluding hydrogens is 418 g/mol. The molecule has 1 aromatic carbocycles. The van der Waals surface area contributed by atoms with E-state index in [4.69, 9.17) is 4.74 Å². The van der Waals surface area contributed by atoms with Crippen LogP contribution in [-0.4, -0.2) is 55.0 Å². The van der Waals surface area contributed by atoms with Gasteiger partial charge in [-0.2, -0.15) is 0 Å². The van der Waals surface area contributed by atoms with Crippen molar-refractivity contribution in [1.29, 1.82) is 0 Å². The van der Waals surface area contributed by atoms with Crippen molar-refractivity contribution >= 4 is 39.7 Å². The number of carbonyl (C=O) groups is 4. The Labute approximate surface area is 165 Å². The number of piperidine rings is 1. The molecule has 0 aromatic heterocycles. The third kappa shape index (κ3) is 5.78. The lowest BCUT2D eigenvalue weighted by atomic mass is 9.96. The number of likely N-dealkylation sites (tertiary alicyclic amines) is 1. The number of amides is 4. The van der Waals surface area contributed by atoms with Crippen LogP contribution in [0.15, 0.2) is 28.7 Å². The molecule has 4 amide bonds. The summed E-state index contributed by atoms with van der Waals surface area (Å²) in [5.74, 6) is -1.64. The van der Waals surface area contributed by atoms with E-state index in [1.165, 1.54) is 14.0 Å². The van der Waals surface area contributed by atoms with E-state index in [1.54, 1.807) is 17.0 Å². The Kier molecular flexibility index (Phi) is 7.35. The van der Waals surface area contributed by atoms with Gasteiger partial charge in [0.15, 0.2) is 6.10 Å². The van der Waals surface area contributed by atoms with Crippen molar-refractivity contribution in [3.05, 3.63) is 34.3 Å². The Morgan fingerprint density at radius 3 is 2.30 bits per heavy atom. The first-order valence-electron chi connectivity index (χ1n) is 8.59. The average Bonchev–Trinajstić information content (AvgIpc) is 2.67. The molecule has 0 aliphatic carbocycles. The van der Waals surface area contributed by atoms with Crippen molar-refractivity contribution in [3.8, 4) is 0 Å². The number of hydrogen-bond donors (Lipinski definition) is 2. The maximum absolute atomic E-state index is 12.5. The van der Waals surface area contributed by atoms with Crippen molar-refractivity contribution in [2.45, 2.75) is 25.9 Å². The number of halogens is 1. The Hall–Kier alpha value is -2.42. The van der Waals surface area contributed by atoms with Gasteiger partial charge in [0.1, 0.15) is 0 Å². The number of nitrogens with one attached hydrogen (secondary N) is 2. The molecule has 0 spiro atoms. The monoisotopic (exact) mass is 439 g/mol. The molecule has 1 aliphatic heterocycles. The van der Waals surface area contributed by atoms with Gasteiger partial charge >= 0.3 is 12.0 Å². The molecule has 27 heavy (non-hydrogen) atoms. The molecule has 0 radical (unpaired) electrons. The highest BCUT2D eigenvalue weighted by molar-refractivity contribution is 9.10. The van der Waals surface area contributed by atoms with Crippen LogP contribution in [0.1, 0.15) is 30.1 Å². The molecule has 2 rings (SSSR count). The van der Waals surface area contributed by atoms with Gasteiger partial charge in [-0.05, 0) is 44.0 Å². The Morgan fingerprint density at radius 1 is 1.15 bits per heavy atom. The van der Waals surface area contributed by atoms with Crippen LogP contribution in [-0.2, 0) is 14.3 Å². The van der Waals surface area contributed by atoms with Crippen molar-refractivity contribution in [1.82, 2.24) is 15.5 Å². The fraction of sp³-hybridized carbons (Fsp3) is 0.444. The second kappa shape index (κ2) is 9.50. The fourth-order valence-electron chi connectivity index (χ4n) is 2.69. The van der Waals surface area contributed by atoms with Gasteiger partial charge in [0, 0.05) is 30.2 Å². The van der Waals surface area contributed by atoms with Gasteiger partial charge in [0.05, 0.1) is 5.92 Å². The number of nitrogens with zero attached hydrogens (tertiary/aromatic N) is 1. The summed E-state index contributed by atoms with van der Waals surface area (Å²) in [6.45, 7) is 2.28. The third-order valence-corrected chi connectivity index (χ3v) is 4.86. The number of urea groups is 1. The number of imide groups is 1. The molecule has 2 N–H and O–H groups in total. The Balaban J connectivity index is 1.83. The second-order valence-corrected chi connectivity index (χ2v) is 7.14. The summed E-state index contributed by atoms with van der Waals surface area (Å²) in [6, 6.07) is 6.45. The van der Waals surface area contributed by atoms with Gasteiger partial charge in [-0.25, -0.2) is 4.79 Å². The van der Waals surface area contributed by atoms with Crippen molar-refractivity contribution in [2.24, 2.45) is 5.92 Å². The summed E-state index contributed by atoms with van der Waals surface area (Å²) in [7, 11) is 1.38. The quantitative estimate of drug-likeness (QED) is 0.694. The summed E-state index contributed by atoms with van der Waals surface area (Å²) in [5, 5.41) is 4.31. The summed E-state index contributed by atoms with van der Waals surface area (Å²) < 4.78 is 6.05. The number of rotatable bonds is 4. The van der Waals surface area contributed by atoms with Crippen LogP contribution >= 0.6 is 15.9 Å². The van der Waals surface area contributed by atoms with Crippen LogP contribution in [0.25, 0.3) is 0 Å². The highest BCUT2D eigenvalue weighted by atomic mass is 79.9. The van der Waals surface area contributed by atoms with E-state index in [1.807, 2.05) is 12.1 Å². The molecule has 1 atom stereocenters. The van der Waals surface area contributed by atoms with Crippen LogP contribution in [0.4, 0.5) is 4.79 Å². The molecule has 1 fully saturated rings. The Morgan fingerprint density at radius 2 is 1.74 bits per heavy atom. The first-order chi connectivity index (χ1) is 12.8. The standard InChI is InChI=1S/C18H22BrN3O5/c1-11(15(23)21-18(26)20-2)27-17(25)13-7-9-22(10-8-13)16(24)12-3-5-14(19)6-4-12/h3-6,11,13H,7-10H2,1-2H3,(H2,20,21,23,26)/t11-/m1/s1. The third-order valence-electron chi connectivity index (χ3n) is 4.33. The zero-order chi connectivity index (χ0) is 20.0. The minimum Gasteiger partial charge on any atom is -0.452 e. The second-order valence-electron chi connectivity index (χ2n) is 6.22. The maximum Gasteiger partial charge on any atom is 0.321 e. The number of esters is 1. The van der Waals surface area contributed by atoms with Crippen molar-refractivity contribution < 1.29 is 23.9 Å². The van der Waals surface area contributed by atoms with Crippen LogP contribution in [0.2, 0.25) is 0 Å². The summed E-state index contributed by atoms with van der Waals surface area (Å²) in [6.07, 6.45) is -0.146. The fourth-order valence-corrected chi connectivity index (χ4v) is 2.96. The molecule has 8 nitrogen and oxygen atoms in total. The molecule has 1 saturated heterocycles. The number of benzene rings is 1. The topological polar surface area (TPSA) is 105 Å². The van der Waals surface area contributed by atoms with Crippen LogP contribution in [0.3, 0.4) is 0 Å². The van der Waals surface area contributed by atoms with Gasteiger partial charge in [0.2, 0.25) is 0 Å². The molecule has 146 valence electrons. The molecule has 0 bridgehead atoms. The van der Waals surface area contributed by atoms with E-state index in [0.717, 1.165) is 4.47 Å². The van der Waals surface area contributed by atoms with E-state index in [-0.39, 0.29) is 11.8 Å². The number of hydrogen-bond acceptors (Lipinski definition) is 5. The summed E-state index contributed by atoms with van der Waals surface area (Å²) >= 11 is 3.33. The van der Waals surface area contributed by atoms with E-state index in [9.17, 15) is 19.2 Å². The zero-order valence-corrected chi connectivity index (χ0v) is 16.7. The normalized spacial score (nSPS) is 15.6. The minimum absolute atomic E-state index is 0.0763. The lowest BCUT2D eigenvalue weighted by molar-refractivity contribution is -0.159. The Bertz CT molecular complexity index is 714. The maximum atomic E-state index is 12.5. The number of carbonyl (C=O) groups excluding carboxylic acids is 4. The number of ether oxygens (including phenoxy) is 1. The highest BCUT2D eigenvalue weighted by Gasteiger charge is 2.31. The van der Waals surface area contributed by atoms with Gasteiger partial charge in [-0.1, -0.05) is 15.9 Å². The predicted octanol–water partition coefficient (Wildman–Crippen LogP) is 1.69. The zero-order valence-electron chi connectivity index (χ0n) is 15.2. The first kappa shape index (κ1) is 20.9. The van der Waals surface area contributed by atoms with Crippen LogP contribution in [0.5, 0.6) is 0 Å². The summed E-state index contributed by atoms with van der Waals surface area (Å²) in [4.78, 5) is 49.3. The van der Waals surface area contributed by atoms with E-state index >= 15 is 0 Å². The van der Waals surface area contributed by atoms with Gasteiger partial charge in [0.25, 0.3) is 11.8 Å². The molecule has 0 unspecified atom stereocenters. The SMILES string of the molecule is CNC(=O)NC(=O)[C@@H](C)OC(=O)C1CCN(C(=O)c2ccc(Br)cc2)CC1. The highest BCUT2D eigenvalue weighted by Crippen LogP contribution is 2.21. The lowest BCUT2D eigenvalue weighted by Crippen LogP contribution is -2.45. The first-order valence-corrected chi connectivity index (χ1v) is 9.39. The molecule has 1 heterocycles. The molecule has 1 aliphatic rings. The predicted molar refractivity (Wildman–Crippen MR) is 101 cm³/mol. The lowest BCUT2D eigenvalue weighted by Gasteiger charge is -2.31. The van der Waals surface area contributed by atoms with E-state index in [0.29, 0.717) is 31.5 Å². The molecule has 0 saturated carbocycles. The van der Waals surface area contributed by atoms with Crippen molar-refractivity contribution in [2.75, 3.05) is 20.1 Å². The van der Waals surface area contributed by atoms with Gasteiger partial charge in [-0.3, -0.25) is 19.7 Å². The molecule has 9 heteroatoms. The smallest absolute Gasteiger partial charge is 0.321 e. The minimum atomic E-state index is -1.07. The van der Waals surface area contributed by atoms with Gasteiger partial charge < -0.3 is 15.0 Å². The van der Waals surface area contributed by atoms with E-state index in [2.05, 4.69) is 26.6 Å². The van der Waals surface area contributed by atoms with Crippen LogP contribution < -0.4 is 10.6 Å².